The predicted molar refractivity (Wildman–Crippen MR) is 47.6 cm³/mol. The molecule has 0 unspecified atom stereocenters. The minimum atomic E-state index is -2.44. The molecule has 0 N–H and O–H groups in total. The molecule has 74 valence electrons. The Labute approximate surface area is 73.7 Å². The van der Waals surface area contributed by atoms with Crippen LogP contribution >= 0.6 is 0 Å². The van der Waals surface area contributed by atoms with Crippen molar-refractivity contribution in [2.24, 2.45) is 0 Å². The van der Waals surface area contributed by atoms with Crippen LogP contribution in [0.2, 0.25) is 0 Å². The molecular weight excluding hydrogens is 160 g/mol. The third kappa shape index (κ3) is 6.53. The quantitative estimate of drug-likeness (QED) is 0.567. The third-order valence-electron chi connectivity index (χ3n) is 1.92. The third-order valence-corrected chi connectivity index (χ3v) is 1.92. The fourth-order valence-corrected chi connectivity index (χ4v) is 0.988. The van der Waals surface area contributed by atoms with Crippen LogP contribution in [0.5, 0.6) is 0 Å². The van der Waals surface area contributed by atoms with Gasteiger partial charge >= 0.3 is 0 Å². The maximum absolute atomic E-state index is 12.7. The second-order valence-electron chi connectivity index (χ2n) is 3.47. The molecule has 0 saturated carbocycles. The summed E-state index contributed by atoms with van der Waals surface area (Å²) in [6.07, 6.45) is 1.49. The lowest BCUT2D eigenvalue weighted by molar-refractivity contribution is -0.0138. The summed E-state index contributed by atoms with van der Waals surface area (Å²) in [5, 5.41) is 0. The average Bonchev–Trinajstić information content (AvgIpc) is 1.98. The molecule has 0 radical (unpaired) electrons. The number of alkyl halides is 2. The molecule has 0 amide bonds. The van der Waals surface area contributed by atoms with E-state index >= 15 is 0 Å². The van der Waals surface area contributed by atoms with E-state index in [2.05, 4.69) is 0 Å². The highest BCUT2D eigenvalue weighted by Gasteiger charge is 2.24. The van der Waals surface area contributed by atoms with Gasteiger partial charge in [-0.1, -0.05) is 6.92 Å². The molecule has 0 aromatic carbocycles. The molecule has 0 heterocycles. The molecule has 0 aliphatic carbocycles. The van der Waals surface area contributed by atoms with Crippen molar-refractivity contribution >= 4 is 0 Å². The van der Waals surface area contributed by atoms with Crippen LogP contribution < -0.4 is 0 Å². The van der Waals surface area contributed by atoms with Gasteiger partial charge in [-0.15, -0.1) is 0 Å². The number of hydrogen-bond acceptors (Lipinski definition) is 1. The van der Waals surface area contributed by atoms with E-state index < -0.39 is 5.92 Å². The van der Waals surface area contributed by atoms with Crippen molar-refractivity contribution in [3.63, 3.8) is 0 Å². The number of halogens is 2. The summed E-state index contributed by atoms with van der Waals surface area (Å²) in [5.41, 5.74) is 0. The van der Waals surface area contributed by atoms with Gasteiger partial charge in [0, 0.05) is 12.8 Å². The molecule has 0 fully saturated rings. The van der Waals surface area contributed by atoms with E-state index in [-0.39, 0.29) is 12.8 Å². The lowest BCUT2D eigenvalue weighted by Gasteiger charge is -2.14. The van der Waals surface area contributed by atoms with Gasteiger partial charge in [-0.25, -0.2) is 8.78 Å². The molecule has 0 aromatic heterocycles. The Morgan fingerprint density at radius 1 is 1.17 bits per heavy atom. The fraction of sp³-hybridized carbons (Fsp3) is 1.00. The molecule has 0 aliphatic heterocycles. The topological polar surface area (TPSA) is 3.24 Å². The summed E-state index contributed by atoms with van der Waals surface area (Å²) in [6.45, 7) is 2.44. The molecule has 3 heteroatoms. The molecule has 0 aliphatic rings. The van der Waals surface area contributed by atoms with E-state index in [1.54, 1.807) is 0 Å². The van der Waals surface area contributed by atoms with Crippen LogP contribution in [0, 0.1) is 0 Å². The van der Waals surface area contributed by atoms with Crippen molar-refractivity contribution in [2.45, 2.75) is 38.5 Å². The molecule has 0 spiro atoms. The van der Waals surface area contributed by atoms with Crippen molar-refractivity contribution in [3.8, 4) is 0 Å². The Morgan fingerprint density at radius 2 is 1.75 bits per heavy atom. The highest BCUT2D eigenvalue weighted by atomic mass is 19.3. The molecule has 1 nitrogen and oxygen atoms in total. The monoisotopic (exact) mass is 179 g/mol. The van der Waals surface area contributed by atoms with E-state index in [0.29, 0.717) is 6.42 Å². The molecular formula is C9H19F2N. The van der Waals surface area contributed by atoms with Gasteiger partial charge in [0.25, 0.3) is 0 Å². The van der Waals surface area contributed by atoms with E-state index in [4.69, 9.17) is 0 Å². The lowest BCUT2D eigenvalue weighted by Crippen LogP contribution is -2.16. The second-order valence-corrected chi connectivity index (χ2v) is 3.47. The SMILES string of the molecule is CCC(F)(F)CCCCN(C)C. The van der Waals surface area contributed by atoms with Crippen LogP contribution in [-0.4, -0.2) is 31.5 Å². The summed E-state index contributed by atoms with van der Waals surface area (Å²) >= 11 is 0. The van der Waals surface area contributed by atoms with Crippen molar-refractivity contribution < 1.29 is 8.78 Å². The summed E-state index contributed by atoms with van der Waals surface area (Å²) in [6, 6.07) is 0. The van der Waals surface area contributed by atoms with E-state index in [0.717, 1.165) is 13.0 Å². The highest BCUT2D eigenvalue weighted by molar-refractivity contribution is 4.63. The van der Waals surface area contributed by atoms with Gasteiger partial charge in [-0.2, -0.15) is 0 Å². The van der Waals surface area contributed by atoms with Crippen molar-refractivity contribution in [1.82, 2.24) is 4.90 Å². The Balaban J connectivity index is 3.31. The first-order chi connectivity index (χ1) is 5.48. The van der Waals surface area contributed by atoms with Gasteiger partial charge < -0.3 is 4.90 Å². The van der Waals surface area contributed by atoms with Crippen molar-refractivity contribution in [3.05, 3.63) is 0 Å². The summed E-state index contributed by atoms with van der Waals surface area (Å²) in [7, 11) is 3.91. The maximum Gasteiger partial charge on any atom is 0.247 e. The standard InChI is InChI=1S/C9H19F2N/c1-4-9(10,11)7-5-6-8-12(2)3/h4-8H2,1-3H3. The van der Waals surface area contributed by atoms with E-state index in [1.165, 1.54) is 6.92 Å². The zero-order valence-electron chi connectivity index (χ0n) is 8.24. The normalized spacial score (nSPS) is 12.5. The Morgan fingerprint density at radius 3 is 2.17 bits per heavy atom. The Kier molecular flexibility index (Phi) is 5.38. The van der Waals surface area contributed by atoms with Crippen LogP contribution in [0.3, 0.4) is 0 Å². The van der Waals surface area contributed by atoms with Gasteiger partial charge in [0.1, 0.15) is 0 Å². The number of nitrogens with zero attached hydrogens (tertiary/aromatic N) is 1. The molecule has 0 atom stereocenters. The van der Waals surface area contributed by atoms with Crippen LogP contribution in [0.25, 0.3) is 0 Å². The number of rotatable bonds is 6. The van der Waals surface area contributed by atoms with E-state index in [1.807, 2.05) is 19.0 Å². The Hall–Kier alpha value is -0.180. The largest absolute Gasteiger partial charge is 0.309 e. The van der Waals surface area contributed by atoms with Gasteiger partial charge in [0.2, 0.25) is 5.92 Å². The summed E-state index contributed by atoms with van der Waals surface area (Å²) in [4.78, 5) is 2.02. The zero-order valence-corrected chi connectivity index (χ0v) is 8.24. The maximum atomic E-state index is 12.7. The second kappa shape index (κ2) is 5.46. The summed E-state index contributed by atoms with van der Waals surface area (Å²) < 4.78 is 25.3. The molecule has 0 bridgehead atoms. The lowest BCUT2D eigenvalue weighted by atomic mass is 10.1. The highest BCUT2D eigenvalue weighted by Crippen LogP contribution is 2.24. The first kappa shape index (κ1) is 11.8. The molecule has 12 heavy (non-hydrogen) atoms. The average molecular weight is 179 g/mol. The van der Waals surface area contributed by atoms with Crippen molar-refractivity contribution in [2.75, 3.05) is 20.6 Å². The van der Waals surface area contributed by atoms with E-state index in [9.17, 15) is 8.78 Å². The first-order valence-electron chi connectivity index (χ1n) is 4.50. The van der Waals surface area contributed by atoms with Crippen LogP contribution in [0.15, 0.2) is 0 Å². The van der Waals surface area contributed by atoms with Gasteiger partial charge in [-0.3, -0.25) is 0 Å². The predicted octanol–water partition coefficient (Wildman–Crippen LogP) is 2.76. The van der Waals surface area contributed by atoms with Crippen molar-refractivity contribution in [1.29, 1.82) is 0 Å². The van der Waals surface area contributed by atoms with Gasteiger partial charge in [0.15, 0.2) is 0 Å². The minimum Gasteiger partial charge on any atom is -0.309 e. The molecule has 0 rings (SSSR count). The molecule has 0 aromatic rings. The smallest absolute Gasteiger partial charge is 0.247 e. The first-order valence-corrected chi connectivity index (χ1v) is 4.50. The minimum absolute atomic E-state index is 0.0328. The Bertz CT molecular complexity index is 113. The molecule has 0 saturated heterocycles. The van der Waals surface area contributed by atoms with Gasteiger partial charge in [0.05, 0.1) is 0 Å². The van der Waals surface area contributed by atoms with Crippen LogP contribution in [0.1, 0.15) is 32.6 Å². The number of unbranched alkanes of at least 4 members (excludes halogenated alkanes) is 1. The van der Waals surface area contributed by atoms with Gasteiger partial charge in [-0.05, 0) is 33.5 Å². The van der Waals surface area contributed by atoms with Crippen LogP contribution in [-0.2, 0) is 0 Å². The number of hydrogen-bond donors (Lipinski definition) is 0. The van der Waals surface area contributed by atoms with Crippen LogP contribution in [0.4, 0.5) is 8.78 Å². The fourth-order valence-electron chi connectivity index (χ4n) is 0.988. The summed E-state index contributed by atoms with van der Waals surface area (Å²) in [5.74, 6) is -2.44. The zero-order chi connectivity index (χ0) is 9.61.